The first-order valence-corrected chi connectivity index (χ1v) is 8.17. The number of carboxylic acids is 1. The second kappa shape index (κ2) is 6.69. The van der Waals surface area contributed by atoms with Crippen molar-refractivity contribution in [2.75, 3.05) is 13.1 Å². The maximum Gasteiger partial charge on any atom is 0.393 e. The van der Waals surface area contributed by atoms with Gasteiger partial charge in [0.05, 0.1) is 11.8 Å². The number of aliphatic carboxylic acids is 1. The van der Waals surface area contributed by atoms with Crippen molar-refractivity contribution >= 4 is 11.9 Å². The van der Waals surface area contributed by atoms with Crippen molar-refractivity contribution in [3.63, 3.8) is 0 Å². The van der Waals surface area contributed by atoms with E-state index in [1.165, 1.54) is 0 Å². The molecule has 2 unspecified atom stereocenters. The predicted octanol–water partition coefficient (Wildman–Crippen LogP) is 2.33. The number of carbonyl (C=O) groups excluding carboxylic acids is 1. The van der Waals surface area contributed by atoms with Crippen LogP contribution in [0.5, 0.6) is 11.5 Å². The highest BCUT2D eigenvalue weighted by atomic mass is 19.4. The second-order valence-corrected chi connectivity index (χ2v) is 6.56. The highest BCUT2D eigenvalue weighted by Crippen LogP contribution is 2.37. The number of para-hydroxylation sites is 2. The van der Waals surface area contributed by atoms with Gasteiger partial charge in [-0.25, -0.2) is 0 Å². The summed E-state index contributed by atoms with van der Waals surface area (Å²) in [6, 6.07) is 6.66. The summed E-state index contributed by atoms with van der Waals surface area (Å²) in [5.74, 6) is -4.44. The third kappa shape index (κ3) is 3.56. The van der Waals surface area contributed by atoms with Crippen molar-refractivity contribution in [2.45, 2.75) is 31.7 Å². The molecular formula is C17H18F3NO5. The summed E-state index contributed by atoms with van der Waals surface area (Å²) < 4.78 is 50.7. The first-order chi connectivity index (χ1) is 12.2. The lowest BCUT2D eigenvalue weighted by Gasteiger charge is -2.40. The Kier molecular flexibility index (Phi) is 4.72. The van der Waals surface area contributed by atoms with Crippen LogP contribution in [-0.2, 0) is 9.59 Å². The zero-order chi connectivity index (χ0) is 19.1. The molecule has 1 aromatic rings. The summed E-state index contributed by atoms with van der Waals surface area (Å²) >= 11 is 0. The third-order valence-corrected chi connectivity index (χ3v) is 4.66. The van der Waals surface area contributed by atoms with E-state index >= 15 is 0 Å². The van der Waals surface area contributed by atoms with Gasteiger partial charge in [0.2, 0.25) is 6.10 Å². The Morgan fingerprint density at radius 1 is 1.15 bits per heavy atom. The van der Waals surface area contributed by atoms with Crippen LogP contribution in [0.4, 0.5) is 13.2 Å². The fraction of sp³-hybridized carbons (Fsp3) is 0.529. The highest BCUT2D eigenvalue weighted by molar-refractivity contribution is 5.83. The van der Waals surface area contributed by atoms with E-state index in [-0.39, 0.29) is 6.54 Å². The van der Waals surface area contributed by atoms with Gasteiger partial charge in [-0.2, -0.15) is 13.2 Å². The van der Waals surface area contributed by atoms with Gasteiger partial charge in [-0.05, 0) is 25.5 Å². The molecule has 2 aliphatic heterocycles. The number of carbonyl (C=O) groups is 2. The van der Waals surface area contributed by atoms with Crippen molar-refractivity contribution in [1.29, 1.82) is 0 Å². The van der Waals surface area contributed by atoms with Crippen molar-refractivity contribution in [3.05, 3.63) is 24.3 Å². The molecule has 6 nitrogen and oxygen atoms in total. The van der Waals surface area contributed by atoms with Crippen molar-refractivity contribution in [1.82, 2.24) is 4.90 Å². The first-order valence-electron chi connectivity index (χ1n) is 8.17. The fourth-order valence-electron chi connectivity index (χ4n) is 3.27. The van der Waals surface area contributed by atoms with E-state index in [1.54, 1.807) is 31.2 Å². The van der Waals surface area contributed by atoms with Crippen molar-refractivity contribution in [3.8, 4) is 11.5 Å². The average molecular weight is 373 g/mol. The molecule has 1 saturated heterocycles. The molecule has 4 atom stereocenters. The van der Waals surface area contributed by atoms with Crippen LogP contribution in [0.3, 0.4) is 0 Å². The van der Waals surface area contributed by atoms with Gasteiger partial charge in [-0.1, -0.05) is 12.1 Å². The first kappa shape index (κ1) is 18.3. The van der Waals surface area contributed by atoms with Crippen LogP contribution in [0.2, 0.25) is 0 Å². The molecule has 0 spiro atoms. The Labute approximate surface area is 147 Å². The highest BCUT2D eigenvalue weighted by Gasteiger charge is 2.49. The minimum atomic E-state index is -4.57. The lowest BCUT2D eigenvalue weighted by Crippen LogP contribution is -2.56. The van der Waals surface area contributed by atoms with Gasteiger partial charge in [-0.3, -0.25) is 9.59 Å². The predicted molar refractivity (Wildman–Crippen MR) is 82.8 cm³/mol. The van der Waals surface area contributed by atoms with E-state index < -0.39 is 55.1 Å². The molecule has 0 bridgehead atoms. The molecule has 0 saturated carbocycles. The number of hydrogen-bond acceptors (Lipinski definition) is 4. The SMILES string of the molecule is CC1Oc2ccccc2OC1C(=O)N1C[C@H](C(=O)O)C[C@H](C(F)(F)F)C1. The molecule has 0 aromatic heterocycles. The Morgan fingerprint density at radius 2 is 1.77 bits per heavy atom. The average Bonchev–Trinajstić information content (AvgIpc) is 2.59. The molecule has 0 aliphatic carbocycles. The van der Waals surface area contributed by atoms with Crippen LogP contribution in [0.25, 0.3) is 0 Å². The zero-order valence-corrected chi connectivity index (χ0v) is 13.9. The Balaban J connectivity index is 1.80. The fourth-order valence-corrected chi connectivity index (χ4v) is 3.27. The molecule has 26 heavy (non-hydrogen) atoms. The van der Waals surface area contributed by atoms with Crippen molar-refractivity contribution in [2.24, 2.45) is 11.8 Å². The number of rotatable bonds is 2. The smallest absolute Gasteiger partial charge is 0.393 e. The summed E-state index contributed by atoms with van der Waals surface area (Å²) in [5, 5.41) is 9.15. The number of amides is 1. The molecule has 9 heteroatoms. The number of halogens is 3. The van der Waals surface area contributed by atoms with E-state index in [9.17, 15) is 22.8 Å². The molecule has 2 heterocycles. The quantitative estimate of drug-likeness (QED) is 0.861. The van der Waals surface area contributed by atoms with Gasteiger partial charge in [0, 0.05) is 13.1 Å². The molecule has 1 N–H and O–H groups in total. The molecule has 3 rings (SSSR count). The standard InChI is InChI=1S/C17H18F3NO5/c1-9-14(26-13-5-3-2-4-12(13)25-9)15(22)21-7-10(16(23)24)6-11(8-21)17(18,19)20/h2-5,9-11,14H,6-8H2,1H3,(H,23,24)/t9?,10-,11+,14?/m1/s1. The minimum absolute atomic E-state index is 0.283. The van der Waals surface area contributed by atoms with Crippen molar-refractivity contribution < 1.29 is 37.3 Å². The maximum atomic E-state index is 13.1. The summed E-state index contributed by atoms with van der Waals surface area (Å²) in [5.41, 5.74) is 0. The molecular weight excluding hydrogens is 355 g/mol. The normalized spacial score (nSPS) is 28.5. The summed E-state index contributed by atoms with van der Waals surface area (Å²) in [4.78, 5) is 24.9. The maximum absolute atomic E-state index is 13.1. The van der Waals surface area contributed by atoms with E-state index in [1.807, 2.05) is 0 Å². The number of benzene rings is 1. The molecule has 0 radical (unpaired) electrons. The van der Waals surface area contributed by atoms with Gasteiger partial charge in [0.1, 0.15) is 6.10 Å². The lowest BCUT2D eigenvalue weighted by molar-refractivity contribution is -0.196. The molecule has 1 fully saturated rings. The van der Waals surface area contributed by atoms with Gasteiger partial charge < -0.3 is 19.5 Å². The van der Waals surface area contributed by atoms with Crippen LogP contribution in [0.1, 0.15) is 13.3 Å². The number of piperidine rings is 1. The Hall–Kier alpha value is -2.45. The van der Waals surface area contributed by atoms with Crippen LogP contribution < -0.4 is 9.47 Å². The van der Waals surface area contributed by atoms with Crippen LogP contribution in [-0.4, -0.2) is 53.4 Å². The molecule has 1 amide bonds. The van der Waals surface area contributed by atoms with Gasteiger partial charge in [0.25, 0.3) is 5.91 Å². The van der Waals surface area contributed by atoms with Gasteiger partial charge in [0.15, 0.2) is 11.5 Å². The molecule has 142 valence electrons. The largest absolute Gasteiger partial charge is 0.482 e. The number of nitrogens with zero attached hydrogens (tertiary/aromatic N) is 1. The number of ether oxygens (including phenoxy) is 2. The third-order valence-electron chi connectivity index (χ3n) is 4.66. The minimum Gasteiger partial charge on any atom is -0.482 e. The number of alkyl halides is 3. The zero-order valence-electron chi connectivity index (χ0n) is 13.9. The number of carboxylic acid groups (broad SMARTS) is 1. The van der Waals surface area contributed by atoms with E-state index in [0.29, 0.717) is 11.5 Å². The van der Waals surface area contributed by atoms with Crippen LogP contribution in [0.15, 0.2) is 24.3 Å². The topological polar surface area (TPSA) is 76.1 Å². The summed E-state index contributed by atoms with van der Waals surface area (Å²) in [7, 11) is 0. The Bertz CT molecular complexity index is 708. The van der Waals surface area contributed by atoms with Gasteiger partial charge in [-0.15, -0.1) is 0 Å². The molecule has 1 aromatic carbocycles. The Morgan fingerprint density at radius 3 is 2.35 bits per heavy atom. The van der Waals surface area contributed by atoms with E-state index in [4.69, 9.17) is 14.6 Å². The number of likely N-dealkylation sites (tertiary alicyclic amines) is 1. The molecule has 2 aliphatic rings. The van der Waals surface area contributed by atoms with E-state index in [0.717, 1.165) is 4.90 Å². The lowest BCUT2D eigenvalue weighted by atomic mass is 9.88. The van der Waals surface area contributed by atoms with Gasteiger partial charge >= 0.3 is 12.1 Å². The summed E-state index contributed by atoms with van der Waals surface area (Å²) in [6.45, 7) is 0.716. The number of hydrogen-bond donors (Lipinski definition) is 1. The monoisotopic (exact) mass is 373 g/mol. The van der Waals surface area contributed by atoms with Crippen LogP contribution >= 0.6 is 0 Å². The second-order valence-electron chi connectivity index (χ2n) is 6.56. The summed E-state index contributed by atoms with van der Waals surface area (Å²) in [6.07, 6.45) is -6.96. The number of fused-ring (bicyclic) bond motifs is 1. The van der Waals surface area contributed by atoms with E-state index in [2.05, 4.69) is 0 Å². The van der Waals surface area contributed by atoms with Crippen LogP contribution in [0, 0.1) is 11.8 Å².